The average molecular weight is 379 g/mol. The normalized spacial score (nSPS) is 11.2. The lowest BCUT2D eigenvalue weighted by molar-refractivity contribution is 0.104. The van der Waals surface area contributed by atoms with E-state index in [1.165, 1.54) is 34.4 Å². The first-order valence-electron chi connectivity index (χ1n) is 8.87. The van der Waals surface area contributed by atoms with Crippen molar-refractivity contribution in [2.45, 2.75) is 26.8 Å². The van der Waals surface area contributed by atoms with Gasteiger partial charge >= 0.3 is 5.76 Å². The molecule has 6 nitrogen and oxygen atoms in total. The molecular formula is C22H21NO5. The van der Waals surface area contributed by atoms with Crippen LogP contribution in [0.4, 0.5) is 0 Å². The number of oxazole rings is 1. The van der Waals surface area contributed by atoms with Crippen LogP contribution < -0.4 is 5.76 Å². The van der Waals surface area contributed by atoms with Crippen LogP contribution in [-0.4, -0.2) is 20.6 Å². The molecule has 0 bridgehead atoms. The van der Waals surface area contributed by atoms with Gasteiger partial charge in [-0.3, -0.25) is 9.36 Å². The summed E-state index contributed by atoms with van der Waals surface area (Å²) in [6.45, 7) is 4.46. The predicted octanol–water partition coefficient (Wildman–Crippen LogP) is 4.26. The molecule has 0 saturated carbocycles. The van der Waals surface area contributed by atoms with Gasteiger partial charge in [0, 0.05) is 6.54 Å². The Balaban J connectivity index is 1.91. The second-order valence-corrected chi connectivity index (χ2v) is 6.69. The molecule has 0 radical (unpaired) electrons. The van der Waals surface area contributed by atoms with Gasteiger partial charge in [-0.1, -0.05) is 29.9 Å². The number of aromatic hydroxyl groups is 2. The van der Waals surface area contributed by atoms with Crippen molar-refractivity contribution in [3.8, 4) is 11.5 Å². The molecule has 0 aliphatic heterocycles. The number of aromatic nitrogens is 1. The van der Waals surface area contributed by atoms with Gasteiger partial charge in [-0.2, -0.15) is 0 Å². The van der Waals surface area contributed by atoms with Crippen LogP contribution in [0.3, 0.4) is 0 Å². The van der Waals surface area contributed by atoms with E-state index in [0.717, 1.165) is 0 Å². The van der Waals surface area contributed by atoms with Gasteiger partial charge in [-0.25, -0.2) is 4.79 Å². The minimum absolute atomic E-state index is 0.232. The molecule has 0 amide bonds. The van der Waals surface area contributed by atoms with Crippen molar-refractivity contribution < 1.29 is 19.4 Å². The summed E-state index contributed by atoms with van der Waals surface area (Å²) in [5, 5.41) is 18.9. The summed E-state index contributed by atoms with van der Waals surface area (Å²) in [4.78, 5) is 24.9. The Labute approximate surface area is 161 Å². The second-order valence-electron chi connectivity index (χ2n) is 6.69. The molecule has 0 fully saturated rings. The first kappa shape index (κ1) is 19.2. The number of hydrogen-bond acceptors (Lipinski definition) is 5. The maximum atomic E-state index is 12.6. The number of rotatable bonds is 6. The maximum Gasteiger partial charge on any atom is 0.419 e. The highest BCUT2D eigenvalue weighted by atomic mass is 16.4. The fraction of sp³-hybridized carbons (Fsp3) is 0.182. The number of phenols is 2. The van der Waals surface area contributed by atoms with Crippen molar-refractivity contribution in [3.05, 3.63) is 75.8 Å². The molecular weight excluding hydrogens is 358 g/mol. The number of carbonyl (C=O) groups excluding carboxylic acids is 1. The molecule has 0 aliphatic carbocycles. The topological polar surface area (TPSA) is 92.7 Å². The summed E-state index contributed by atoms with van der Waals surface area (Å²) in [5.41, 5.74) is 2.84. The summed E-state index contributed by atoms with van der Waals surface area (Å²) in [6.07, 6.45) is 5.58. The molecule has 3 aromatic rings. The van der Waals surface area contributed by atoms with E-state index in [0.29, 0.717) is 24.0 Å². The monoisotopic (exact) mass is 379 g/mol. The van der Waals surface area contributed by atoms with Crippen LogP contribution in [-0.2, 0) is 6.54 Å². The molecule has 144 valence electrons. The lowest BCUT2D eigenvalue weighted by Gasteiger charge is -2.01. The van der Waals surface area contributed by atoms with Crippen LogP contribution in [0.15, 0.2) is 63.3 Å². The third kappa shape index (κ3) is 4.06. The molecule has 0 aliphatic rings. The summed E-state index contributed by atoms with van der Waals surface area (Å²) >= 11 is 0. The molecule has 0 spiro atoms. The largest absolute Gasteiger partial charge is 0.504 e. The van der Waals surface area contributed by atoms with E-state index in [-0.39, 0.29) is 28.4 Å². The van der Waals surface area contributed by atoms with Crippen LogP contribution in [0.2, 0.25) is 0 Å². The highest BCUT2D eigenvalue weighted by molar-refractivity contribution is 6.13. The Morgan fingerprint density at radius 1 is 1.14 bits per heavy atom. The number of nitrogens with zero attached hydrogens (tertiary/aromatic N) is 1. The van der Waals surface area contributed by atoms with E-state index in [9.17, 15) is 19.8 Å². The molecule has 2 N–H and O–H groups in total. The van der Waals surface area contributed by atoms with Crippen molar-refractivity contribution in [3.63, 3.8) is 0 Å². The predicted molar refractivity (Wildman–Crippen MR) is 108 cm³/mol. The van der Waals surface area contributed by atoms with E-state index < -0.39 is 5.76 Å². The standard InChI is InChI=1S/C22H21NO5/c1-14(2)5-4-12-23-17-7-3-6-16(21(17)28-22(23)27)18(24)10-8-15-9-11-19(25)20(26)13-15/h3,5-11,13,25-26H,4,12H2,1-2H3/b10-8+. The Morgan fingerprint density at radius 3 is 2.64 bits per heavy atom. The Morgan fingerprint density at radius 2 is 1.93 bits per heavy atom. The number of phenolic OH excluding ortho intramolecular Hbond substituents is 2. The van der Waals surface area contributed by atoms with Gasteiger partial charge in [0.05, 0.1) is 11.1 Å². The first-order valence-corrected chi connectivity index (χ1v) is 8.87. The number of fused-ring (bicyclic) bond motifs is 1. The van der Waals surface area contributed by atoms with Gasteiger partial charge in [0.25, 0.3) is 0 Å². The number of aryl methyl sites for hydroxylation is 1. The van der Waals surface area contributed by atoms with Crippen LogP contribution in [0.5, 0.6) is 11.5 Å². The summed E-state index contributed by atoms with van der Waals surface area (Å²) in [5.74, 6) is -1.33. The van der Waals surface area contributed by atoms with Gasteiger partial charge in [-0.05, 0) is 56.2 Å². The molecule has 0 atom stereocenters. The Hall–Kier alpha value is -3.54. The lowest BCUT2D eigenvalue weighted by atomic mass is 10.1. The third-order valence-electron chi connectivity index (χ3n) is 4.29. The fourth-order valence-corrected chi connectivity index (χ4v) is 2.88. The van der Waals surface area contributed by atoms with E-state index >= 15 is 0 Å². The van der Waals surface area contributed by atoms with Crippen LogP contribution >= 0.6 is 0 Å². The molecule has 0 unspecified atom stereocenters. The highest BCUT2D eigenvalue weighted by Crippen LogP contribution is 2.26. The zero-order valence-electron chi connectivity index (χ0n) is 15.7. The maximum absolute atomic E-state index is 12.6. The van der Waals surface area contributed by atoms with E-state index in [1.807, 2.05) is 19.9 Å². The van der Waals surface area contributed by atoms with Gasteiger partial charge in [-0.15, -0.1) is 0 Å². The molecule has 1 aromatic heterocycles. The lowest BCUT2D eigenvalue weighted by Crippen LogP contribution is -2.13. The van der Waals surface area contributed by atoms with E-state index in [2.05, 4.69) is 0 Å². The number of allylic oxidation sites excluding steroid dienone is 3. The Bertz CT molecular complexity index is 1140. The SMILES string of the molecule is CC(C)=CCCn1c(=O)oc2c(C(=O)/C=C/c3ccc(O)c(O)c3)cccc21. The van der Waals surface area contributed by atoms with E-state index in [4.69, 9.17) is 4.42 Å². The minimum Gasteiger partial charge on any atom is -0.504 e. The molecule has 0 saturated heterocycles. The van der Waals surface area contributed by atoms with Crippen molar-refractivity contribution >= 4 is 23.0 Å². The van der Waals surface area contributed by atoms with Crippen LogP contribution in [0.25, 0.3) is 17.2 Å². The highest BCUT2D eigenvalue weighted by Gasteiger charge is 2.15. The molecule has 28 heavy (non-hydrogen) atoms. The number of hydrogen-bond donors (Lipinski definition) is 2. The number of carbonyl (C=O) groups is 1. The van der Waals surface area contributed by atoms with Crippen molar-refractivity contribution in [2.75, 3.05) is 0 Å². The second kappa shape index (κ2) is 8.00. The number of benzene rings is 2. The average Bonchev–Trinajstić information content (AvgIpc) is 2.97. The van der Waals surface area contributed by atoms with Crippen molar-refractivity contribution in [2.24, 2.45) is 0 Å². The summed E-state index contributed by atoms with van der Waals surface area (Å²) < 4.78 is 6.88. The molecule has 6 heteroatoms. The summed E-state index contributed by atoms with van der Waals surface area (Å²) in [7, 11) is 0. The van der Waals surface area contributed by atoms with Gasteiger partial charge in [0.15, 0.2) is 22.9 Å². The minimum atomic E-state index is -0.496. The quantitative estimate of drug-likeness (QED) is 0.289. The van der Waals surface area contributed by atoms with Crippen LogP contribution in [0, 0.1) is 0 Å². The molecule has 2 aromatic carbocycles. The zero-order valence-corrected chi connectivity index (χ0v) is 15.7. The third-order valence-corrected chi connectivity index (χ3v) is 4.29. The van der Waals surface area contributed by atoms with Crippen LogP contribution in [0.1, 0.15) is 36.2 Å². The molecule has 1 heterocycles. The zero-order chi connectivity index (χ0) is 20.3. The fourth-order valence-electron chi connectivity index (χ4n) is 2.88. The molecule has 3 rings (SSSR count). The number of ketones is 1. The Kier molecular flexibility index (Phi) is 5.49. The van der Waals surface area contributed by atoms with E-state index in [1.54, 1.807) is 24.3 Å². The first-order chi connectivity index (χ1) is 13.4. The van der Waals surface area contributed by atoms with Crippen molar-refractivity contribution in [1.29, 1.82) is 0 Å². The van der Waals surface area contributed by atoms with Gasteiger partial charge in [0.2, 0.25) is 0 Å². The smallest absolute Gasteiger partial charge is 0.419 e. The number of para-hydroxylation sites is 1. The van der Waals surface area contributed by atoms with Gasteiger partial charge < -0.3 is 14.6 Å². The van der Waals surface area contributed by atoms with Gasteiger partial charge in [0.1, 0.15) is 0 Å². The van der Waals surface area contributed by atoms with Crippen molar-refractivity contribution in [1.82, 2.24) is 4.57 Å². The summed E-state index contributed by atoms with van der Waals surface area (Å²) in [6, 6.07) is 9.32.